The standard InChI is InChI=1S/C10H13ClN2O/c11-8-4-7(5-13-10(8)14)9(12)3-6-1-2-6/h4-6,9H,1-3,12H2,(H,13,14)/t9-/m1/s1. The molecular weight excluding hydrogens is 200 g/mol. The highest BCUT2D eigenvalue weighted by Gasteiger charge is 2.24. The van der Waals surface area contributed by atoms with Crippen molar-refractivity contribution in [2.75, 3.05) is 0 Å². The van der Waals surface area contributed by atoms with E-state index in [1.54, 1.807) is 12.3 Å². The van der Waals surface area contributed by atoms with Crippen molar-refractivity contribution < 1.29 is 0 Å². The van der Waals surface area contributed by atoms with Crippen molar-refractivity contribution >= 4 is 11.6 Å². The van der Waals surface area contributed by atoms with Gasteiger partial charge in [0.05, 0.1) is 0 Å². The zero-order valence-corrected chi connectivity index (χ0v) is 8.55. The minimum atomic E-state index is -0.256. The molecule has 1 aromatic heterocycles. The molecule has 4 heteroatoms. The number of aromatic nitrogens is 1. The van der Waals surface area contributed by atoms with Crippen molar-refractivity contribution in [2.24, 2.45) is 11.7 Å². The molecule has 2 rings (SSSR count). The average Bonchev–Trinajstić information content (AvgIpc) is 2.93. The van der Waals surface area contributed by atoms with Crippen molar-refractivity contribution in [3.63, 3.8) is 0 Å². The van der Waals surface area contributed by atoms with Crippen LogP contribution in [-0.2, 0) is 0 Å². The molecule has 0 spiro atoms. The lowest BCUT2D eigenvalue weighted by molar-refractivity contribution is 0.595. The largest absolute Gasteiger partial charge is 0.327 e. The average molecular weight is 213 g/mol. The Kier molecular flexibility index (Phi) is 2.61. The highest BCUT2D eigenvalue weighted by molar-refractivity contribution is 6.30. The van der Waals surface area contributed by atoms with Gasteiger partial charge in [-0.15, -0.1) is 0 Å². The first-order valence-electron chi connectivity index (χ1n) is 4.80. The van der Waals surface area contributed by atoms with E-state index in [4.69, 9.17) is 17.3 Å². The van der Waals surface area contributed by atoms with Crippen LogP contribution in [0.4, 0.5) is 0 Å². The first-order valence-corrected chi connectivity index (χ1v) is 5.18. The van der Waals surface area contributed by atoms with Gasteiger partial charge in [0.25, 0.3) is 5.56 Å². The Hall–Kier alpha value is -0.800. The van der Waals surface area contributed by atoms with Crippen LogP contribution in [0.1, 0.15) is 30.9 Å². The molecule has 1 aliphatic carbocycles. The summed E-state index contributed by atoms with van der Waals surface area (Å²) in [6.07, 6.45) is 5.21. The van der Waals surface area contributed by atoms with E-state index in [0.717, 1.165) is 17.9 Å². The van der Waals surface area contributed by atoms with Gasteiger partial charge < -0.3 is 10.7 Å². The summed E-state index contributed by atoms with van der Waals surface area (Å²) < 4.78 is 0. The van der Waals surface area contributed by atoms with Crippen LogP contribution in [0.25, 0.3) is 0 Å². The lowest BCUT2D eigenvalue weighted by Crippen LogP contribution is -2.14. The summed E-state index contributed by atoms with van der Waals surface area (Å²) in [7, 11) is 0. The predicted molar refractivity (Wildman–Crippen MR) is 56.3 cm³/mol. The lowest BCUT2D eigenvalue weighted by Gasteiger charge is -2.10. The van der Waals surface area contributed by atoms with Gasteiger partial charge >= 0.3 is 0 Å². The molecule has 0 radical (unpaired) electrons. The van der Waals surface area contributed by atoms with E-state index in [9.17, 15) is 4.79 Å². The summed E-state index contributed by atoms with van der Waals surface area (Å²) in [6, 6.07) is 1.66. The Labute approximate surface area is 87.3 Å². The summed E-state index contributed by atoms with van der Waals surface area (Å²) in [4.78, 5) is 13.6. The topological polar surface area (TPSA) is 58.9 Å². The molecule has 1 fully saturated rings. The highest BCUT2D eigenvalue weighted by atomic mass is 35.5. The Morgan fingerprint density at radius 2 is 2.36 bits per heavy atom. The second-order valence-electron chi connectivity index (χ2n) is 3.90. The number of aromatic amines is 1. The van der Waals surface area contributed by atoms with Crippen molar-refractivity contribution in [3.05, 3.63) is 33.2 Å². The van der Waals surface area contributed by atoms with Crippen LogP contribution >= 0.6 is 11.6 Å². The number of H-pyrrole nitrogens is 1. The maximum atomic E-state index is 11.0. The van der Waals surface area contributed by atoms with Crippen LogP contribution in [0.15, 0.2) is 17.1 Å². The Morgan fingerprint density at radius 3 is 2.93 bits per heavy atom. The highest BCUT2D eigenvalue weighted by Crippen LogP contribution is 2.36. The Balaban J connectivity index is 2.13. The number of hydrogen-bond acceptors (Lipinski definition) is 2. The molecule has 3 N–H and O–H groups in total. The van der Waals surface area contributed by atoms with E-state index >= 15 is 0 Å². The van der Waals surface area contributed by atoms with E-state index in [1.807, 2.05) is 0 Å². The van der Waals surface area contributed by atoms with Crippen LogP contribution in [0.2, 0.25) is 5.02 Å². The number of rotatable bonds is 3. The molecule has 76 valence electrons. The number of hydrogen-bond donors (Lipinski definition) is 2. The zero-order chi connectivity index (χ0) is 10.1. The predicted octanol–water partition coefficient (Wildman–Crippen LogP) is 1.83. The van der Waals surface area contributed by atoms with E-state index in [1.165, 1.54) is 12.8 Å². The van der Waals surface area contributed by atoms with Gasteiger partial charge in [0, 0.05) is 12.2 Å². The molecule has 14 heavy (non-hydrogen) atoms. The fourth-order valence-corrected chi connectivity index (χ4v) is 1.71. The molecule has 1 saturated carbocycles. The number of nitrogens with one attached hydrogen (secondary N) is 1. The van der Waals surface area contributed by atoms with Gasteiger partial charge in [-0.2, -0.15) is 0 Å². The minimum absolute atomic E-state index is 0.00292. The minimum Gasteiger partial charge on any atom is -0.327 e. The van der Waals surface area contributed by atoms with Crippen LogP contribution in [0.5, 0.6) is 0 Å². The SMILES string of the molecule is N[C@H](CC1CC1)c1c[nH]c(=O)c(Cl)c1. The van der Waals surface area contributed by atoms with Crippen LogP contribution in [-0.4, -0.2) is 4.98 Å². The van der Waals surface area contributed by atoms with Gasteiger partial charge in [-0.05, 0) is 24.0 Å². The Bertz CT molecular complexity index is 384. The van der Waals surface area contributed by atoms with Gasteiger partial charge in [0.2, 0.25) is 0 Å². The smallest absolute Gasteiger partial charge is 0.266 e. The van der Waals surface area contributed by atoms with Crippen molar-refractivity contribution in [2.45, 2.75) is 25.3 Å². The maximum absolute atomic E-state index is 11.0. The lowest BCUT2D eigenvalue weighted by atomic mass is 10.0. The second kappa shape index (κ2) is 3.75. The number of nitrogens with two attached hydrogens (primary N) is 1. The molecule has 0 bridgehead atoms. The molecule has 0 aliphatic heterocycles. The summed E-state index contributed by atoms with van der Waals surface area (Å²) in [5.41, 5.74) is 6.64. The van der Waals surface area contributed by atoms with Gasteiger partial charge in [0.1, 0.15) is 5.02 Å². The molecule has 1 aromatic rings. The zero-order valence-electron chi connectivity index (χ0n) is 7.79. The molecule has 1 atom stereocenters. The summed E-state index contributed by atoms with van der Waals surface area (Å²) >= 11 is 5.71. The van der Waals surface area contributed by atoms with Crippen LogP contribution < -0.4 is 11.3 Å². The van der Waals surface area contributed by atoms with Crippen molar-refractivity contribution in [3.8, 4) is 0 Å². The number of halogens is 1. The van der Waals surface area contributed by atoms with E-state index in [-0.39, 0.29) is 16.6 Å². The molecule has 0 saturated heterocycles. The molecule has 0 aromatic carbocycles. The monoisotopic (exact) mass is 212 g/mol. The molecular formula is C10H13ClN2O. The summed E-state index contributed by atoms with van der Waals surface area (Å²) in [5, 5.41) is 0.216. The second-order valence-corrected chi connectivity index (χ2v) is 4.30. The van der Waals surface area contributed by atoms with Gasteiger partial charge in [0.15, 0.2) is 0 Å². The molecule has 1 heterocycles. The first-order chi connectivity index (χ1) is 6.66. The van der Waals surface area contributed by atoms with E-state index < -0.39 is 0 Å². The molecule has 3 nitrogen and oxygen atoms in total. The maximum Gasteiger partial charge on any atom is 0.266 e. The number of pyridine rings is 1. The van der Waals surface area contributed by atoms with Crippen LogP contribution in [0.3, 0.4) is 0 Å². The van der Waals surface area contributed by atoms with Gasteiger partial charge in [-0.1, -0.05) is 24.4 Å². The van der Waals surface area contributed by atoms with Gasteiger partial charge in [-0.3, -0.25) is 4.79 Å². The third-order valence-electron chi connectivity index (χ3n) is 2.59. The van der Waals surface area contributed by atoms with Crippen LogP contribution in [0, 0.1) is 5.92 Å². The normalized spacial score (nSPS) is 18.1. The third kappa shape index (κ3) is 2.16. The molecule has 0 amide bonds. The first kappa shape index (κ1) is 9.74. The molecule has 0 unspecified atom stereocenters. The van der Waals surface area contributed by atoms with Crippen molar-refractivity contribution in [1.29, 1.82) is 0 Å². The quantitative estimate of drug-likeness (QED) is 0.803. The Morgan fingerprint density at radius 1 is 1.64 bits per heavy atom. The summed E-state index contributed by atoms with van der Waals surface area (Å²) in [5.74, 6) is 0.774. The van der Waals surface area contributed by atoms with E-state index in [2.05, 4.69) is 4.98 Å². The molecule has 1 aliphatic rings. The summed E-state index contributed by atoms with van der Waals surface area (Å²) in [6.45, 7) is 0. The third-order valence-corrected chi connectivity index (χ3v) is 2.87. The van der Waals surface area contributed by atoms with Gasteiger partial charge in [-0.25, -0.2) is 0 Å². The van der Waals surface area contributed by atoms with Crippen molar-refractivity contribution in [1.82, 2.24) is 4.98 Å². The fourth-order valence-electron chi connectivity index (χ4n) is 1.53. The fraction of sp³-hybridized carbons (Fsp3) is 0.500. The van der Waals surface area contributed by atoms with E-state index in [0.29, 0.717) is 0 Å².